The molecule has 28 heavy (non-hydrogen) atoms. The molecule has 0 aromatic heterocycles. The monoisotopic (exact) mass is 382 g/mol. The van der Waals surface area contributed by atoms with Gasteiger partial charge in [-0.3, -0.25) is 14.9 Å². The standard InChI is InChI=1S/C22H26N2O4/c1-3-4-13-23-20(17-11-8-12-18(15-17)28-2)21(24(26)27)19(22(23)25)14-16-9-6-5-7-10-16/h5-12,15,19-21H,3-4,13-14H2,1-2H3/t19-,20+,21-/m1/s1. The summed E-state index contributed by atoms with van der Waals surface area (Å²) in [7, 11) is 1.57. The van der Waals surface area contributed by atoms with Gasteiger partial charge in [-0.1, -0.05) is 55.8 Å². The molecule has 0 spiro atoms. The average molecular weight is 382 g/mol. The van der Waals surface area contributed by atoms with E-state index in [9.17, 15) is 14.9 Å². The van der Waals surface area contributed by atoms with Gasteiger partial charge in [-0.05, 0) is 36.1 Å². The lowest BCUT2D eigenvalue weighted by Crippen LogP contribution is -2.34. The van der Waals surface area contributed by atoms with Crippen molar-refractivity contribution in [1.82, 2.24) is 4.90 Å². The van der Waals surface area contributed by atoms with E-state index in [2.05, 4.69) is 0 Å². The second-order valence-electron chi connectivity index (χ2n) is 7.18. The summed E-state index contributed by atoms with van der Waals surface area (Å²) in [6.45, 7) is 2.57. The number of nitrogens with zero attached hydrogens (tertiary/aromatic N) is 2. The van der Waals surface area contributed by atoms with Crippen LogP contribution >= 0.6 is 0 Å². The molecule has 0 saturated carbocycles. The summed E-state index contributed by atoms with van der Waals surface area (Å²) in [5, 5.41) is 12.1. The van der Waals surface area contributed by atoms with Crippen LogP contribution in [-0.2, 0) is 11.2 Å². The van der Waals surface area contributed by atoms with Gasteiger partial charge in [-0.2, -0.15) is 0 Å². The normalized spacial score (nSPS) is 21.7. The van der Waals surface area contributed by atoms with Gasteiger partial charge in [0.15, 0.2) is 0 Å². The molecule has 1 aliphatic rings. The predicted octanol–water partition coefficient (Wildman–Crippen LogP) is 3.88. The summed E-state index contributed by atoms with van der Waals surface area (Å²) in [5.41, 5.74) is 1.69. The molecule has 1 saturated heterocycles. The van der Waals surface area contributed by atoms with E-state index in [1.165, 1.54) is 0 Å². The van der Waals surface area contributed by atoms with Gasteiger partial charge in [0.2, 0.25) is 11.9 Å². The minimum atomic E-state index is -0.989. The van der Waals surface area contributed by atoms with E-state index in [1.807, 2.05) is 49.4 Å². The van der Waals surface area contributed by atoms with E-state index in [0.717, 1.165) is 24.0 Å². The van der Waals surface area contributed by atoms with Crippen LogP contribution in [0.3, 0.4) is 0 Å². The molecule has 3 atom stereocenters. The molecule has 0 unspecified atom stereocenters. The van der Waals surface area contributed by atoms with Gasteiger partial charge in [0.1, 0.15) is 17.7 Å². The first kappa shape index (κ1) is 19.9. The van der Waals surface area contributed by atoms with Crippen LogP contribution in [0.1, 0.15) is 36.9 Å². The molecule has 1 fully saturated rings. The Hall–Kier alpha value is -2.89. The summed E-state index contributed by atoms with van der Waals surface area (Å²) in [5.74, 6) is -0.175. The average Bonchev–Trinajstić information content (AvgIpc) is 2.99. The lowest BCUT2D eigenvalue weighted by Gasteiger charge is -2.25. The van der Waals surface area contributed by atoms with Gasteiger partial charge in [-0.15, -0.1) is 0 Å². The Morgan fingerprint density at radius 3 is 2.54 bits per heavy atom. The quantitative estimate of drug-likeness (QED) is 0.513. The molecule has 1 amide bonds. The summed E-state index contributed by atoms with van der Waals surface area (Å²) < 4.78 is 5.30. The lowest BCUT2D eigenvalue weighted by molar-refractivity contribution is -0.532. The molecule has 0 N–H and O–H groups in total. The highest BCUT2D eigenvalue weighted by molar-refractivity contribution is 5.83. The summed E-state index contributed by atoms with van der Waals surface area (Å²) in [6.07, 6.45) is 2.10. The number of carbonyl (C=O) groups excluding carboxylic acids is 1. The number of rotatable bonds is 8. The Bertz CT molecular complexity index is 824. The van der Waals surface area contributed by atoms with Gasteiger partial charge >= 0.3 is 0 Å². The van der Waals surface area contributed by atoms with Crippen molar-refractivity contribution >= 4 is 5.91 Å². The smallest absolute Gasteiger partial charge is 0.249 e. The molecular formula is C22H26N2O4. The number of ether oxygens (including phenoxy) is 1. The number of hydrogen-bond acceptors (Lipinski definition) is 4. The molecule has 0 radical (unpaired) electrons. The van der Waals surface area contributed by atoms with E-state index in [1.54, 1.807) is 24.1 Å². The molecule has 6 nitrogen and oxygen atoms in total. The van der Waals surface area contributed by atoms with E-state index in [4.69, 9.17) is 4.74 Å². The van der Waals surface area contributed by atoms with Crippen LogP contribution in [0, 0.1) is 16.0 Å². The van der Waals surface area contributed by atoms with Crippen LogP contribution in [0.15, 0.2) is 54.6 Å². The number of unbranched alkanes of at least 4 members (excludes halogenated alkanes) is 1. The van der Waals surface area contributed by atoms with Crippen LogP contribution in [0.2, 0.25) is 0 Å². The summed E-state index contributed by atoms with van der Waals surface area (Å²) >= 11 is 0. The van der Waals surface area contributed by atoms with Crippen LogP contribution in [0.5, 0.6) is 5.75 Å². The SMILES string of the molecule is CCCCN1C(=O)[C@H](Cc2ccccc2)[C@@H]([N+](=O)[O-])[C@@H]1c1cccc(OC)c1. The number of amides is 1. The number of benzene rings is 2. The Labute approximate surface area is 165 Å². The van der Waals surface area contributed by atoms with Crippen molar-refractivity contribution in [2.75, 3.05) is 13.7 Å². The number of likely N-dealkylation sites (tertiary alicyclic amines) is 1. The second-order valence-corrected chi connectivity index (χ2v) is 7.18. The van der Waals surface area contributed by atoms with E-state index in [0.29, 0.717) is 18.7 Å². The molecule has 2 aromatic rings. The fourth-order valence-corrected chi connectivity index (χ4v) is 4.02. The van der Waals surface area contributed by atoms with Crippen molar-refractivity contribution in [3.05, 3.63) is 75.8 Å². The third-order valence-electron chi connectivity index (χ3n) is 5.40. The van der Waals surface area contributed by atoms with E-state index >= 15 is 0 Å². The van der Waals surface area contributed by atoms with Crippen molar-refractivity contribution in [2.24, 2.45) is 5.92 Å². The Morgan fingerprint density at radius 2 is 1.89 bits per heavy atom. The molecule has 2 aromatic carbocycles. The van der Waals surface area contributed by atoms with E-state index < -0.39 is 18.0 Å². The first-order chi connectivity index (χ1) is 13.6. The maximum Gasteiger partial charge on any atom is 0.249 e. The van der Waals surface area contributed by atoms with Gasteiger partial charge < -0.3 is 9.64 Å². The first-order valence-corrected chi connectivity index (χ1v) is 9.68. The number of hydrogen-bond donors (Lipinski definition) is 0. The number of carbonyl (C=O) groups is 1. The number of nitro groups is 1. The number of methoxy groups -OCH3 is 1. The van der Waals surface area contributed by atoms with Gasteiger partial charge in [0.05, 0.1) is 7.11 Å². The van der Waals surface area contributed by atoms with Crippen LogP contribution in [0.25, 0.3) is 0 Å². The first-order valence-electron chi connectivity index (χ1n) is 9.68. The van der Waals surface area contributed by atoms with Gasteiger partial charge in [0, 0.05) is 11.5 Å². The van der Waals surface area contributed by atoms with Crippen LogP contribution in [0.4, 0.5) is 0 Å². The van der Waals surface area contributed by atoms with E-state index in [-0.39, 0.29) is 10.8 Å². The summed E-state index contributed by atoms with van der Waals surface area (Å²) in [4.78, 5) is 26.8. The third-order valence-corrected chi connectivity index (χ3v) is 5.40. The molecular weight excluding hydrogens is 356 g/mol. The highest BCUT2D eigenvalue weighted by atomic mass is 16.6. The zero-order valence-electron chi connectivity index (χ0n) is 16.3. The molecule has 1 heterocycles. The largest absolute Gasteiger partial charge is 0.497 e. The van der Waals surface area contributed by atoms with Crippen LogP contribution in [-0.4, -0.2) is 35.4 Å². The van der Waals surface area contributed by atoms with Crippen molar-refractivity contribution in [2.45, 2.75) is 38.3 Å². The molecule has 6 heteroatoms. The van der Waals surface area contributed by atoms with Crippen molar-refractivity contribution in [1.29, 1.82) is 0 Å². The molecule has 0 bridgehead atoms. The van der Waals surface area contributed by atoms with Gasteiger partial charge in [0.25, 0.3) is 0 Å². The molecule has 148 valence electrons. The van der Waals surface area contributed by atoms with Crippen molar-refractivity contribution in [3.8, 4) is 5.75 Å². The van der Waals surface area contributed by atoms with Crippen LogP contribution < -0.4 is 4.74 Å². The van der Waals surface area contributed by atoms with Crippen molar-refractivity contribution in [3.63, 3.8) is 0 Å². The fraction of sp³-hybridized carbons (Fsp3) is 0.409. The minimum absolute atomic E-state index is 0.133. The Kier molecular flexibility index (Phi) is 6.29. The highest BCUT2D eigenvalue weighted by Crippen LogP contribution is 2.41. The maximum atomic E-state index is 13.3. The molecule has 1 aliphatic heterocycles. The summed E-state index contributed by atoms with van der Waals surface area (Å²) in [6, 6.07) is 15.2. The third kappa shape index (κ3) is 4.01. The maximum absolute atomic E-state index is 13.3. The van der Waals surface area contributed by atoms with Gasteiger partial charge in [-0.25, -0.2) is 0 Å². The fourth-order valence-electron chi connectivity index (χ4n) is 4.02. The highest BCUT2D eigenvalue weighted by Gasteiger charge is 2.55. The molecule has 0 aliphatic carbocycles. The second kappa shape index (κ2) is 8.87. The Morgan fingerprint density at radius 1 is 1.14 bits per heavy atom. The zero-order chi connectivity index (χ0) is 20.1. The topological polar surface area (TPSA) is 72.7 Å². The minimum Gasteiger partial charge on any atom is -0.497 e. The predicted molar refractivity (Wildman–Crippen MR) is 107 cm³/mol. The lowest BCUT2D eigenvalue weighted by atomic mass is 9.89. The zero-order valence-corrected chi connectivity index (χ0v) is 16.3. The van der Waals surface area contributed by atoms with Crippen molar-refractivity contribution < 1.29 is 14.5 Å². The molecule has 3 rings (SSSR count). The Balaban J connectivity index is 2.01.